The minimum atomic E-state index is -0.0315. The van der Waals surface area contributed by atoms with E-state index in [9.17, 15) is 4.79 Å². The lowest BCUT2D eigenvalue weighted by molar-refractivity contribution is -0.137. The van der Waals surface area contributed by atoms with E-state index in [4.69, 9.17) is 10.5 Å². The van der Waals surface area contributed by atoms with Gasteiger partial charge in [-0.05, 0) is 44.7 Å². The average Bonchev–Trinajstić information content (AvgIpc) is 2.87. The van der Waals surface area contributed by atoms with Crippen LogP contribution in [0.2, 0.25) is 0 Å². The van der Waals surface area contributed by atoms with Crippen molar-refractivity contribution in [2.75, 3.05) is 38.2 Å². The lowest BCUT2D eigenvalue weighted by atomic mass is 9.83. The van der Waals surface area contributed by atoms with Crippen molar-refractivity contribution in [1.29, 1.82) is 0 Å². The molecule has 2 aliphatic rings. The van der Waals surface area contributed by atoms with Crippen molar-refractivity contribution in [1.82, 2.24) is 9.88 Å². The van der Waals surface area contributed by atoms with Crippen LogP contribution in [0.15, 0.2) is 18.3 Å². The zero-order chi connectivity index (χ0) is 17.8. The molecule has 3 atom stereocenters. The lowest BCUT2D eigenvalue weighted by Crippen LogP contribution is -2.47. The number of aryl methyl sites for hydroxylation is 1. The molecule has 0 spiro atoms. The summed E-state index contributed by atoms with van der Waals surface area (Å²) in [7, 11) is 1.71. The zero-order valence-electron chi connectivity index (χ0n) is 15.4. The van der Waals surface area contributed by atoms with Crippen molar-refractivity contribution >= 4 is 11.6 Å². The van der Waals surface area contributed by atoms with Gasteiger partial charge < -0.3 is 20.3 Å². The highest BCUT2D eigenvalue weighted by Crippen LogP contribution is 2.27. The largest absolute Gasteiger partial charge is 0.380 e. The molecule has 3 rings (SSSR count). The molecule has 1 saturated heterocycles. The van der Waals surface area contributed by atoms with E-state index in [0.717, 1.165) is 57.6 Å². The van der Waals surface area contributed by atoms with Gasteiger partial charge in [0.05, 0.1) is 6.10 Å². The molecular weight excluding hydrogens is 316 g/mol. The van der Waals surface area contributed by atoms with Crippen molar-refractivity contribution in [3.05, 3.63) is 24.0 Å². The molecule has 0 aromatic carbocycles. The van der Waals surface area contributed by atoms with E-state index < -0.39 is 0 Å². The Morgan fingerprint density at radius 3 is 2.84 bits per heavy atom. The van der Waals surface area contributed by atoms with Crippen LogP contribution in [0.25, 0.3) is 0 Å². The Morgan fingerprint density at radius 1 is 1.28 bits per heavy atom. The third-order valence-electron chi connectivity index (χ3n) is 5.54. The molecule has 6 nitrogen and oxygen atoms in total. The van der Waals surface area contributed by atoms with E-state index in [1.54, 1.807) is 7.11 Å². The van der Waals surface area contributed by atoms with Gasteiger partial charge in [-0.15, -0.1) is 0 Å². The minimum absolute atomic E-state index is 0.0315. The van der Waals surface area contributed by atoms with Crippen LogP contribution in [0, 0.1) is 12.8 Å². The maximum Gasteiger partial charge on any atom is 0.225 e. The highest BCUT2D eigenvalue weighted by atomic mass is 16.5. The Hall–Kier alpha value is -1.66. The normalized spacial score (nSPS) is 27.9. The number of carbonyl (C=O) groups is 1. The Bertz CT molecular complexity index is 595. The number of pyridine rings is 1. The van der Waals surface area contributed by atoms with Crippen molar-refractivity contribution < 1.29 is 9.53 Å². The standard InChI is InChI=1S/C19H30N4O2/c1-14-12-16(6-7-21-14)22-8-3-9-23(11-10-22)19(24)15-4-5-18(25-2)17(20)13-15/h6-7,12,15,17-18H,3-5,8-11,13,20H2,1-2H3/t15-,17+,18+/m0/s1. The summed E-state index contributed by atoms with van der Waals surface area (Å²) in [6.07, 6.45) is 5.44. The number of ether oxygens (including phenoxy) is 1. The van der Waals surface area contributed by atoms with Gasteiger partial charge in [-0.3, -0.25) is 9.78 Å². The van der Waals surface area contributed by atoms with Gasteiger partial charge in [-0.25, -0.2) is 0 Å². The van der Waals surface area contributed by atoms with Gasteiger partial charge in [0.2, 0.25) is 5.91 Å². The predicted octanol–water partition coefficient (Wildman–Crippen LogP) is 1.57. The predicted molar refractivity (Wildman–Crippen MR) is 98.5 cm³/mol. The molecular formula is C19H30N4O2. The summed E-state index contributed by atoms with van der Waals surface area (Å²) < 4.78 is 5.41. The lowest BCUT2D eigenvalue weighted by Gasteiger charge is -2.35. The molecule has 1 aromatic rings. The Morgan fingerprint density at radius 2 is 2.12 bits per heavy atom. The van der Waals surface area contributed by atoms with Crippen LogP contribution >= 0.6 is 0 Å². The fourth-order valence-corrected chi connectivity index (χ4v) is 4.08. The summed E-state index contributed by atoms with van der Waals surface area (Å²) in [6.45, 7) is 5.47. The molecule has 0 unspecified atom stereocenters. The van der Waals surface area contributed by atoms with Crippen LogP contribution in [0.3, 0.4) is 0 Å². The first-order valence-electron chi connectivity index (χ1n) is 9.33. The van der Waals surface area contributed by atoms with E-state index in [0.29, 0.717) is 0 Å². The van der Waals surface area contributed by atoms with E-state index in [-0.39, 0.29) is 24.0 Å². The maximum atomic E-state index is 12.9. The topological polar surface area (TPSA) is 71.7 Å². The van der Waals surface area contributed by atoms with E-state index in [2.05, 4.69) is 22.0 Å². The average molecular weight is 346 g/mol. The number of aromatic nitrogens is 1. The minimum Gasteiger partial charge on any atom is -0.380 e. The number of anilines is 1. The smallest absolute Gasteiger partial charge is 0.225 e. The Balaban J connectivity index is 1.58. The summed E-state index contributed by atoms with van der Waals surface area (Å²) >= 11 is 0. The van der Waals surface area contributed by atoms with Crippen molar-refractivity contribution in [3.8, 4) is 0 Å². The van der Waals surface area contributed by atoms with Gasteiger partial charge in [-0.2, -0.15) is 0 Å². The quantitative estimate of drug-likeness (QED) is 0.899. The van der Waals surface area contributed by atoms with Crippen LogP contribution in [0.5, 0.6) is 0 Å². The van der Waals surface area contributed by atoms with E-state index >= 15 is 0 Å². The molecule has 0 bridgehead atoms. The molecule has 2 fully saturated rings. The molecule has 25 heavy (non-hydrogen) atoms. The summed E-state index contributed by atoms with van der Waals surface area (Å²) in [5, 5.41) is 0. The van der Waals surface area contributed by atoms with Crippen LogP contribution in [0.1, 0.15) is 31.4 Å². The van der Waals surface area contributed by atoms with Crippen LogP contribution < -0.4 is 10.6 Å². The second-order valence-electron chi connectivity index (χ2n) is 7.27. The Kier molecular flexibility index (Phi) is 5.91. The molecule has 2 N–H and O–H groups in total. The van der Waals surface area contributed by atoms with E-state index in [1.807, 2.05) is 18.0 Å². The molecule has 6 heteroatoms. The summed E-state index contributed by atoms with van der Waals surface area (Å²) in [6, 6.07) is 4.13. The first kappa shape index (κ1) is 18.1. The van der Waals surface area contributed by atoms with Crippen LogP contribution in [-0.4, -0.2) is 61.2 Å². The summed E-state index contributed by atoms with van der Waals surface area (Å²) in [5.74, 6) is 0.328. The van der Waals surface area contributed by atoms with Gasteiger partial charge in [0.15, 0.2) is 0 Å². The van der Waals surface area contributed by atoms with Crippen LogP contribution in [-0.2, 0) is 9.53 Å². The number of carbonyl (C=O) groups excluding carboxylic acids is 1. The number of hydrogen-bond donors (Lipinski definition) is 1. The third kappa shape index (κ3) is 4.30. The number of rotatable bonds is 3. The van der Waals surface area contributed by atoms with Crippen LogP contribution in [0.4, 0.5) is 5.69 Å². The van der Waals surface area contributed by atoms with Crippen molar-refractivity contribution in [2.45, 2.75) is 44.8 Å². The Labute approximate surface area is 150 Å². The number of nitrogens with zero attached hydrogens (tertiary/aromatic N) is 3. The fraction of sp³-hybridized carbons (Fsp3) is 0.684. The number of amides is 1. The van der Waals surface area contributed by atoms with Gasteiger partial charge in [0, 0.05) is 62.8 Å². The third-order valence-corrected chi connectivity index (χ3v) is 5.54. The van der Waals surface area contributed by atoms with Crippen molar-refractivity contribution in [3.63, 3.8) is 0 Å². The molecule has 1 saturated carbocycles. The molecule has 1 aromatic heterocycles. The monoisotopic (exact) mass is 346 g/mol. The second kappa shape index (κ2) is 8.15. The zero-order valence-corrected chi connectivity index (χ0v) is 15.4. The molecule has 1 aliphatic carbocycles. The first-order chi connectivity index (χ1) is 12.1. The molecule has 138 valence electrons. The number of hydrogen-bond acceptors (Lipinski definition) is 5. The van der Waals surface area contributed by atoms with E-state index in [1.165, 1.54) is 5.69 Å². The summed E-state index contributed by atoms with van der Waals surface area (Å²) in [4.78, 5) is 21.6. The van der Waals surface area contributed by atoms with Gasteiger partial charge in [0.25, 0.3) is 0 Å². The second-order valence-corrected chi connectivity index (χ2v) is 7.27. The summed E-state index contributed by atoms with van der Waals surface area (Å²) in [5.41, 5.74) is 8.41. The van der Waals surface area contributed by atoms with Crippen molar-refractivity contribution in [2.24, 2.45) is 11.7 Å². The molecule has 2 heterocycles. The fourth-order valence-electron chi connectivity index (χ4n) is 4.08. The van der Waals surface area contributed by atoms with Gasteiger partial charge >= 0.3 is 0 Å². The molecule has 0 radical (unpaired) electrons. The van der Waals surface area contributed by atoms with Gasteiger partial charge in [0.1, 0.15) is 0 Å². The first-order valence-corrected chi connectivity index (χ1v) is 9.33. The highest BCUT2D eigenvalue weighted by Gasteiger charge is 2.34. The van der Waals surface area contributed by atoms with Gasteiger partial charge in [-0.1, -0.05) is 0 Å². The molecule has 1 aliphatic heterocycles. The maximum absolute atomic E-state index is 12.9. The number of methoxy groups -OCH3 is 1. The molecule has 1 amide bonds. The number of nitrogens with two attached hydrogens (primary N) is 1. The highest BCUT2D eigenvalue weighted by molar-refractivity contribution is 5.79. The SMILES string of the molecule is CO[C@@H]1CC[C@H](C(=O)N2CCCN(c3ccnc(C)c3)CC2)C[C@H]1N.